The van der Waals surface area contributed by atoms with Crippen molar-refractivity contribution in [2.45, 2.75) is 25.5 Å². The fourth-order valence-electron chi connectivity index (χ4n) is 2.52. The standard InChI is InChI=1S/C12H14BClN2O3/c14-9-4-5-10-8(12(9)13(17)18)7-15-16(10)11-3-1-2-6-19-11/h4-5,7,11,17-18H,1-3,6H2. The molecule has 19 heavy (non-hydrogen) atoms. The summed E-state index contributed by atoms with van der Waals surface area (Å²) in [5.41, 5.74) is 1.10. The Bertz CT molecular complexity index is 596. The predicted octanol–water partition coefficient (Wildman–Crippen LogP) is 1.07. The molecule has 0 spiro atoms. The van der Waals surface area contributed by atoms with E-state index in [2.05, 4.69) is 5.10 Å². The van der Waals surface area contributed by atoms with Gasteiger partial charge in [-0.05, 0) is 31.4 Å². The summed E-state index contributed by atoms with van der Waals surface area (Å²) in [6, 6.07) is 3.48. The van der Waals surface area contributed by atoms with Crippen molar-refractivity contribution in [1.29, 1.82) is 0 Å². The second-order valence-electron chi connectivity index (χ2n) is 4.68. The molecule has 2 heterocycles. The highest BCUT2D eigenvalue weighted by atomic mass is 35.5. The minimum absolute atomic E-state index is 0.0869. The third-order valence-corrected chi connectivity index (χ3v) is 3.79. The number of hydrogen-bond acceptors (Lipinski definition) is 4. The molecule has 2 N–H and O–H groups in total. The van der Waals surface area contributed by atoms with Crippen LogP contribution < -0.4 is 5.46 Å². The molecule has 0 amide bonds. The molecule has 1 aromatic carbocycles. The third-order valence-electron chi connectivity index (χ3n) is 3.46. The molecule has 3 rings (SSSR count). The van der Waals surface area contributed by atoms with Crippen molar-refractivity contribution >= 4 is 35.1 Å². The van der Waals surface area contributed by atoms with Gasteiger partial charge < -0.3 is 14.8 Å². The summed E-state index contributed by atoms with van der Waals surface area (Å²) < 4.78 is 7.49. The van der Waals surface area contributed by atoms with Gasteiger partial charge in [0.2, 0.25) is 0 Å². The Morgan fingerprint density at radius 2 is 2.21 bits per heavy atom. The van der Waals surface area contributed by atoms with Crippen LogP contribution in [0.3, 0.4) is 0 Å². The maximum Gasteiger partial charge on any atom is 0.490 e. The van der Waals surface area contributed by atoms with E-state index in [1.165, 1.54) is 0 Å². The largest absolute Gasteiger partial charge is 0.490 e. The number of aromatic nitrogens is 2. The smallest absolute Gasteiger partial charge is 0.423 e. The number of fused-ring (bicyclic) bond motifs is 1. The molecule has 0 aliphatic carbocycles. The monoisotopic (exact) mass is 280 g/mol. The highest BCUT2D eigenvalue weighted by Gasteiger charge is 2.24. The first-order valence-corrected chi connectivity index (χ1v) is 6.69. The van der Waals surface area contributed by atoms with Crippen LogP contribution in [-0.4, -0.2) is 33.6 Å². The lowest BCUT2D eigenvalue weighted by Crippen LogP contribution is -2.31. The molecule has 1 aromatic heterocycles. The van der Waals surface area contributed by atoms with Gasteiger partial charge in [0, 0.05) is 22.5 Å². The molecule has 0 radical (unpaired) electrons. The Morgan fingerprint density at radius 1 is 1.37 bits per heavy atom. The van der Waals surface area contributed by atoms with E-state index in [4.69, 9.17) is 16.3 Å². The predicted molar refractivity (Wildman–Crippen MR) is 73.4 cm³/mol. The normalized spacial score (nSPS) is 19.8. The van der Waals surface area contributed by atoms with E-state index < -0.39 is 7.12 Å². The summed E-state index contributed by atoms with van der Waals surface area (Å²) in [5.74, 6) is 0. The number of benzene rings is 1. The van der Waals surface area contributed by atoms with Crippen LogP contribution in [0.15, 0.2) is 18.3 Å². The lowest BCUT2D eigenvalue weighted by molar-refractivity contribution is -0.0366. The molecule has 1 saturated heterocycles. The van der Waals surface area contributed by atoms with Crippen LogP contribution in [0.4, 0.5) is 0 Å². The fourth-order valence-corrected chi connectivity index (χ4v) is 2.79. The van der Waals surface area contributed by atoms with Gasteiger partial charge in [-0.2, -0.15) is 5.10 Å². The van der Waals surface area contributed by atoms with Gasteiger partial charge in [-0.25, -0.2) is 4.68 Å². The molecule has 1 unspecified atom stereocenters. The summed E-state index contributed by atoms with van der Waals surface area (Å²) in [7, 11) is -1.61. The fraction of sp³-hybridized carbons (Fsp3) is 0.417. The molecule has 1 aliphatic rings. The molecular formula is C12H14BClN2O3. The number of nitrogens with zero attached hydrogens (tertiary/aromatic N) is 2. The number of ether oxygens (including phenoxy) is 1. The van der Waals surface area contributed by atoms with Crippen LogP contribution in [0.25, 0.3) is 10.9 Å². The zero-order valence-electron chi connectivity index (χ0n) is 10.3. The van der Waals surface area contributed by atoms with Crippen molar-refractivity contribution in [2.24, 2.45) is 0 Å². The maximum absolute atomic E-state index is 9.42. The van der Waals surface area contributed by atoms with Crippen molar-refractivity contribution in [3.8, 4) is 0 Å². The molecule has 7 heteroatoms. The number of rotatable bonds is 2. The van der Waals surface area contributed by atoms with Crippen LogP contribution in [0, 0.1) is 0 Å². The molecule has 5 nitrogen and oxygen atoms in total. The summed E-state index contributed by atoms with van der Waals surface area (Å²) in [6.45, 7) is 0.731. The van der Waals surface area contributed by atoms with Crippen LogP contribution in [0.5, 0.6) is 0 Å². The SMILES string of the molecule is OB(O)c1c(Cl)ccc2c1cnn2C1CCCCO1. The van der Waals surface area contributed by atoms with Crippen molar-refractivity contribution in [3.63, 3.8) is 0 Å². The highest BCUT2D eigenvalue weighted by Crippen LogP contribution is 2.26. The Hall–Kier alpha value is -1.08. The van der Waals surface area contributed by atoms with E-state index in [1.807, 2.05) is 6.07 Å². The molecule has 0 saturated carbocycles. The Kier molecular flexibility index (Phi) is 3.49. The van der Waals surface area contributed by atoms with Gasteiger partial charge in [-0.1, -0.05) is 11.6 Å². The molecule has 2 aromatic rings. The Labute approximate surface area is 115 Å². The summed E-state index contributed by atoms with van der Waals surface area (Å²) in [4.78, 5) is 0. The van der Waals surface area contributed by atoms with Gasteiger partial charge in [0.15, 0.2) is 6.23 Å². The van der Waals surface area contributed by atoms with Crippen LogP contribution >= 0.6 is 11.6 Å². The lowest BCUT2D eigenvalue weighted by Gasteiger charge is -2.23. The Morgan fingerprint density at radius 3 is 2.89 bits per heavy atom. The van der Waals surface area contributed by atoms with Crippen LogP contribution in [-0.2, 0) is 4.74 Å². The number of halogens is 1. The summed E-state index contributed by atoms with van der Waals surface area (Å²) in [6.07, 6.45) is 4.61. The minimum atomic E-state index is -1.61. The summed E-state index contributed by atoms with van der Waals surface area (Å²) in [5, 5.41) is 24.1. The van der Waals surface area contributed by atoms with Crippen molar-refractivity contribution in [2.75, 3.05) is 6.61 Å². The minimum Gasteiger partial charge on any atom is -0.423 e. The second-order valence-corrected chi connectivity index (χ2v) is 5.09. The summed E-state index contributed by atoms with van der Waals surface area (Å²) >= 11 is 6.00. The van der Waals surface area contributed by atoms with E-state index in [0.29, 0.717) is 15.9 Å². The molecule has 100 valence electrons. The molecule has 1 aliphatic heterocycles. The quantitative estimate of drug-likeness (QED) is 0.808. The average Bonchev–Trinajstić information content (AvgIpc) is 2.82. The van der Waals surface area contributed by atoms with Gasteiger partial charge in [-0.3, -0.25) is 0 Å². The molecular weight excluding hydrogens is 266 g/mol. The first-order valence-electron chi connectivity index (χ1n) is 6.32. The van der Waals surface area contributed by atoms with Gasteiger partial charge in [0.05, 0.1) is 11.7 Å². The number of hydrogen-bond donors (Lipinski definition) is 2. The van der Waals surface area contributed by atoms with E-state index in [-0.39, 0.29) is 6.23 Å². The van der Waals surface area contributed by atoms with E-state index >= 15 is 0 Å². The van der Waals surface area contributed by atoms with E-state index in [1.54, 1.807) is 16.9 Å². The van der Waals surface area contributed by atoms with E-state index in [9.17, 15) is 10.0 Å². The third kappa shape index (κ3) is 2.25. The zero-order chi connectivity index (χ0) is 13.4. The first-order chi connectivity index (χ1) is 9.18. The zero-order valence-corrected chi connectivity index (χ0v) is 11.0. The maximum atomic E-state index is 9.42. The second kappa shape index (κ2) is 5.13. The molecule has 1 atom stereocenters. The van der Waals surface area contributed by atoms with Crippen LogP contribution in [0.1, 0.15) is 25.5 Å². The van der Waals surface area contributed by atoms with E-state index in [0.717, 1.165) is 31.4 Å². The van der Waals surface area contributed by atoms with Crippen molar-refractivity contribution < 1.29 is 14.8 Å². The van der Waals surface area contributed by atoms with Crippen molar-refractivity contribution in [1.82, 2.24) is 9.78 Å². The van der Waals surface area contributed by atoms with Gasteiger partial charge >= 0.3 is 7.12 Å². The van der Waals surface area contributed by atoms with Crippen molar-refractivity contribution in [3.05, 3.63) is 23.4 Å². The average molecular weight is 281 g/mol. The van der Waals surface area contributed by atoms with Gasteiger partial charge in [0.1, 0.15) is 0 Å². The van der Waals surface area contributed by atoms with Gasteiger partial charge in [-0.15, -0.1) is 0 Å². The highest BCUT2D eigenvalue weighted by molar-refractivity contribution is 6.65. The lowest BCUT2D eigenvalue weighted by atomic mass is 9.78. The first kappa shape index (κ1) is 12.9. The van der Waals surface area contributed by atoms with Gasteiger partial charge in [0.25, 0.3) is 0 Å². The topological polar surface area (TPSA) is 67.5 Å². The van der Waals surface area contributed by atoms with Crippen LogP contribution in [0.2, 0.25) is 5.02 Å². The molecule has 0 bridgehead atoms. The Balaban J connectivity index is 2.10. The molecule has 1 fully saturated rings.